The van der Waals surface area contributed by atoms with Crippen molar-refractivity contribution in [3.8, 4) is 11.4 Å². The summed E-state index contributed by atoms with van der Waals surface area (Å²) in [7, 11) is 0. The van der Waals surface area contributed by atoms with Gasteiger partial charge >= 0.3 is 5.97 Å². The molecule has 2 heterocycles. The van der Waals surface area contributed by atoms with E-state index in [0.717, 1.165) is 11.1 Å². The second-order valence-corrected chi connectivity index (χ2v) is 6.19. The molecule has 0 N–H and O–H groups in total. The van der Waals surface area contributed by atoms with E-state index >= 15 is 0 Å². The van der Waals surface area contributed by atoms with E-state index in [2.05, 4.69) is 15.1 Å². The van der Waals surface area contributed by atoms with Crippen molar-refractivity contribution < 1.29 is 18.5 Å². The van der Waals surface area contributed by atoms with E-state index in [-0.39, 0.29) is 19.4 Å². The van der Waals surface area contributed by atoms with Crippen molar-refractivity contribution in [2.24, 2.45) is 0 Å². The molecule has 0 bridgehead atoms. The Balaban J connectivity index is 1.29. The molecule has 0 spiro atoms. The molecule has 0 fully saturated rings. The van der Waals surface area contributed by atoms with Gasteiger partial charge in [0.2, 0.25) is 17.6 Å². The van der Waals surface area contributed by atoms with Crippen LogP contribution in [0.2, 0.25) is 5.02 Å². The molecule has 0 unspecified atom stereocenters. The minimum atomic E-state index is -0.400. The molecule has 4 aromatic rings. The Morgan fingerprint density at radius 2 is 1.85 bits per heavy atom. The molecule has 4 rings (SSSR count). The summed E-state index contributed by atoms with van der Waals surface area (Å²) in [5.74, 6) is 0.760. The number of nitrogens with zero attached hydrogens (tertiary/aromatic N) is 3. The molecular formula is C19H14ClN3O4. The van der Waals surface area contributed by atoms with E-state index in [9.17, 15) is 4.79 Å². The quantitative estimate of drug-likeness (QED) is 0.460. The number of hydrogen-bond donors (Lipinski definition) is 0. The molecule has 2 aromatic heterocycles. The Hall–Kier alpha value is -3.19. The fourth-order valence-corrected chi connectivity index (χ4v) is 2.60. The average molecular weight is 384 g/mol. The van der Waals surface area contributed by atoms with Gasteiger partial charge in [0.25, 0.3) is 0 Å². The van der Waals surface area contributed by atoms with Crippen molar-refractivity contribution in [2.45, 2.75) is 19.4 Å². The Morgan fingerprint density at radius 1 is 1.04 bits per heavy atom. The van der Waals surface area contributed by atoms with Crippen LogP contribution in [0.3, 0.4) is 0 Å². The zero-order valence-electron chi connectivity index (χ0n) is 14.1. The number of carbonyl (C=O) groups is 1. The topological polar surface area (TPSA) is 91.2 Å². The number of para-hydroxylation sites is 2. The highest BCUT2D eigenvalue weighted by molar-refractivity contribution is 6.30. The summed E-state index contributed by atoms with van der Waals surface area (Å²) >= 11 is 5.86. The fraction of sp³-hybridized carbons (Fsp3) is 0.158. The summed E-state index contributed by atoms with van der Waals surface area (Å²) < 4.78 is 15.9. The van der Waals surface area contributed by atoms with Gasteiger partial charge in [-0.05, 0) is 36.4 Å². The maximum atomic E-state index is 11.9. The second-order valence-electron chi connectivity index (χ2n) is 5.75. The van der Waals surface area contributed by atoms with E-state index in [1.54, 1.807) is 24.3 Å². The van der Waals surface area contributed by atoms with Crippen LogP contribution in [0.1, 0.15) is 18.2 Å². The number of hydrogen-bond acceptors (Lipinski definition) is 7. The molecule has 2 aromatic carbocycles. The minimum Gasteiger partial charge on any atom is -0.456 e. The maximum Gasteiger partial charge on any atom is 0.306 e. The van der Waals surface area contributed by atoms with Gasteiger partial charge in [0.15, 0.2) is 12.2 Å². The highest BCUT2D eigenvalue weighted by Gasteiger charge is 2.13. The van der Waals surface area contributed by atoms with Gasteiger partial charge in [-0.2, -0.15) is 4.98 Å². The fourth-order valence-electron chi connectivity index (χ4n) is 2.48. The largest absolute Gasteiger partial charge is 0.456 e. The number of halogens is 1. The third-order valence-corrected chi connectivity index (χ3v) is 4.06. The van der Waals surface area contributed by atoms with Gasteiger partial charge in [0.1, 0.15) is 5.52 Å². The maximum absolute atomic E-state index is 11.9. The van der Waals surface area contributed by atoms with Crippen molar-refractivity contribution in [3.05, 3.63) is 65.3 Å². The summed E-state index contributed by atoms with van der Waals surface area (Å²) in [5, 5.41) is 4.53. The smallest absolute Gasteiger partial charge is 0.306 e. The van der Waals surface area contributed by atoms with Crippen LogP contribution in [0.25, 0.3) is 22.5 Å². The molecule has 7 nitrogen and oxygen atoms in total. The number of aromatic nitrogens is 3. The van der Waals surface area contributed by atoms with Crippen molar-refractivity contribution in [1.82, 2.24) is 15.1 Å². The van der Waals surface area contributed by atoms with Gasteiger partial charge in [-0.3, -0.25) is 4.79 Å². The summed E-state index contributed by atoms with van der Waals surface area (Å²) in [6.45, 7) is -0.0205. The molecule has 0 saturated carbocycles. The van der Waals surface area contributed by atoms with Crippen molar-refractivity contribution in [1.29, 1.82) is 0 Å². The predicted octanol–water partition coefficient (Wildman–Crippen LogP) is 4.21. The number of esters is 1. The van der Waals surface area contributed by atoms with Gasteiger partial charge < -0.3 is 13.7 Å². The molecule has 0 saturated heterocycles. The lowest BCUT2D eigenvalue weighted by molar-refractivity contribution is -0.145. The van der Waals surface area contributed by atoms with Gasteiger partial charge in [-0.1, -0.05) is 28.9 Å². The highest BCUT2D eigenvalue weighted by atomic mass is 35.5. The van der Waals surface area contributed by atoms with Crippen LogP contribution in [0.4, 0.5) is 0 Å². The molecule has 0 aliphatic carbocycles. The van der Waals surface area contributed by atoms with Gasteiger partial charge in [-0.25, -0.2) is 4.98 Å². The van der Waals surface area contributed by atoms with E-state index in [1.807, 2.05) is 24.3 Å². The number of aryl methyl sites for hydroxylation is 1. The first-order valence-electron chi connectivity index (χ1n) is 8.26. The summed E-state index contributed by atoms with van der Waals surface area (Å²) in [6, 6.07) is 14.4. The number of ether oxygens (including phenoxy) is 1. The second kappa shape index (κ2) is 7.59. The monoisotopic (exact) mass is 383 g/mol. The Kier molecular flexibility index (Phi) is 4.84. The van der Waals surface area contributed by atoms with Crippen LogP contribution in [0, 0.1) is 0 Å². The normalized spacial score (nSPS) is 11.0. The number of fused-ring (bicyclic) bond motifs is 1. The van der Waals surface area contributed by atoms with Gasteiger partial charge in [0.05, 0.1) is 6.42 Å². The third-order valence-electron chi connectivity index (χ3n) is 3.81. The van der Waals surface area contributed by atoms with E-state index in [1.165, 1.54) is 0 Å². The van der Waals surface area contributed by atoms with Gasteiger partial charge in [-0.15, -0.1) is 0 Å². The van der Waals surface area contributed by atoms with Crippen LogP contribution in [-0.4, -0.2) is 21.1 Å². The molecule has 0 radical (unpaired) electrons. The van der Waals surface area contributed by atoms with E-state index in [4.69, 9.17) is 25.3 Å². The van der Waals surface area contributed by atoms with E-state index in [0.29, 0.717) is 28.2 Å². The first-order chi connectivity index (χ1) is 13.2. The number of rotatable bonds is 6. The molecule has 27 heavy (non-hydrogen) atoms. The number of carbonyl (C=O) groups excluding carboxylic acids is 1. The predicted molar refractivity (Wildman–Crippen MR) is 96.9 cm³/mol. The molecule has 0 amide bonds. The van der Waals surface area contributed by atoms with Crippen molar-refractivity contribution >= 4 is 28.7 Å². The molecule has 0 aliphatic rings. The zero-order chi connectivity index (χ0) is 18.6. The Morgan fingerprint density at radius 3 is 2.67 bits per heavy atom. The summed E-state index contributed by atoms with van der Waals surface area (Å²) in [6.07, 6.45) is 0.398. The molecular weight excluding hydrogens is 370 g/mol. The third kappa shape index (κ3) is 4.15. The zero-order valence-corrected chi connectivity index (χ0v) is 14.8. The average Bonchev–Trinajstić information content (AvgIpc) is 3.32. The summed E-state index contributed by atoms with van der Waals surface area (Å²) in [5.41, 5.74) is 2.17. The van der Waals surface area contributed by atoms with E-state index < -0.39 is 5.97 Å². The van der Waals surface area contributed by atoms with Crippen LogP contribution in [0.5, 0.6) is 0 Å². The molecule has 0 aliphatic heterocycles. The summed E-state index contributed by atoms with van der Waals surface area (Å²) in [4.78, 5) is 20.4. The lowest BCUT2D eigenvalue weighted by atomic mass is 10.2. The number of oxazole rings is 1. The van der Waals surface area contributed by atoms with Crippen molar-refractivity contribution in [3.63, 3.8) is 0 Å². The molecule has 8 heteroatoms. The Bertz CT molecular complexity index is 1040. The lowest BCUT2D eigenvalue weighted by Crippen LogP contribution is -2.06. The van der Waals surface area contributed by atoms with Gasteiger partial charge in [0, 0.05) is 17.0 Å². The van der Waals surface area contributed by atoms with Crippen molar-refractivity contribution in [2.75, 3.05) is 0 Å². The minimum absolute atomic E-state index is 0.0205. The van der Waals surface area contributed by atoms with Crippen LogP contribution < -0.4 is 0 Å². The van der Waals surface area contributed by atoms with Crippen LogP contribution in [0.15, 0.2) is 57.5 Å². The number of benzene rings is 2. The highest BCUT2D eigenvalue weighted by Crippen LogP contribution is 2.19. The SMILES string of the molecule is O=C(CCc1nc(-c2ccc(Cl)cc2)no1)OCc1nc2ccccc2o1. The molecule has 0 atom stereocenters. The first-order valence-corrected chi connectivity index (χ1v) is 8.64. The van der Waals surface area contributed by atoms with Crippen LogP contribution in [-0.2, 0) is 22.6 Å². The standard InChI is InChI=1S/C19H14ClN3O4/c20-13-7-5-12(6-8-13)19-22-16(27-23-19)9-10-18(24)25-11-17-21-14-3-1-2-4-15(14)26-17/h1-8H,9-11H2. The Labute approximate surface area is 158 Å². The lowest BCUT2D eigenvalue weighted by Gasteiger charge is -2.00. The first kappa shape index (κ1) is 17.2. The van der Waals surface area contributed by atoms with Crippen LogP contribution >= 0.6 is 11.6 Å². The molecule has 136 valence electrons.